The predicted octanol–water partition coefficient (Wildman–Crippen LogP) is 2.15. The van der Waals surface area contributed by atoms with Crippen molar-refractivity contribution in [3.8, 4) is 11.5 Å². The maximum atomic E-state index is 13.1. The Kier molecular flexibility index (Phi) is 6.20. The third kappa shape index (κ3) is 4.55. The van der Waals surface area contributed by atoms with Crippen molar-refractivity contribution in [3.63, 3.8) is 0 Å². The minimum Gasteiger partial charge on any atom is -0.496 e. The van der Waals surface area contributed by atoms with Gasteiger partial charge in [0.15, 0.2) is 9.84 Å². The smallest absolute Gasteiger partial charge is 0.241 e. The van der Waals surface area contributed by atoms with E-state index in [1.54, 1.807) is 12.0 Å². The third-order valence-electron chi connectivity index (χ3n) is 5.99. The van der Waals surface area contributed by atoms with E-state index in [2.05, 4.69) is 0 Å². The van der Waals surface area contributed by atoms with Gasteiger partial charge in [0, 0.05) is 18.3 Å². The summed E-state index contributed by atoms with van der Waals surface area (Å²) in [5.41, 5.74) is 1.76. The first-order valence-electron chi connectivity index (χ1n) is 10.5. The summed E-state index contributed by atoms with van der Waals surface area (Å²) in [4.78, 5) is 16.8. The van der Waals surface area contributed by atoms with E-state index in [4.69, 9.17) is 9.47 Å². The Labute approximate surface area is 183 Å². The van der Waals surface area contributed by atoms with E-state index < -0.39 is 9.84 Å². The number of sulfone groups is 1. The number of fused-ring (bicyclic) bond motifs is 1. The van der Waals surface area contributed by atoms with Gasteiger partial charge >= 0.3 is 0 Å². The van der Waals surface area contributed by atoms with Gasteiger partial charge in [-0.3, -0.25) is 9.69 Å². The van der Waals surface area contributed by atoms with Crippen LogP contribution >= 0.6 is 0 Å². The van der Waals surface area contributed by atoms with Crippen molar-refractivity contribution < 1.29 is 22.7 Å². The molecule has 2 aliphatic heterocycles. The monoisotopic (exact) mass is 444 g/mol. The number of carbonyl (C=O) groups is 1. The molecule has 2 aromatic rings. The van der Waals surface area contributed by atoms with E-state index in [1.807, 2.05) is 60.4 Å². The first-order valence-corrected chi connectivity index (χ1v) is 12.4. The molecule has 0 N–H and O–H groups in total. The quantitative estimate of drug-likeness (QED) is 0.651. The average Bonchev–Trinajstić information content (AvgIpc) is 3.08. The molecule has 4 rings (SSSR count). The van der Waals surface area contributed by atoms with Crippen LogP contribution in [0, 0.1) is 0 Å². The molecule has 0 bridgehead atoms. The number of benzene rings is 2. The van der Waals surface area contributed by atoms with Gasteiger partial charge in [-0.25, -0.2) is 8.42 Å². The molecule has 31 heavy (non-hydrogen) atoms. The van der Waals surface area contributed by atoms with Crippen molar-refractivity contribution in [1.82, 2.24) is 4.90 Å². The van der Waals surface area contributed by atoms with Crippen LogP contribution in [0.3, 0.4) is 0 Å². The molecule has 2 aliphatic rings. The van der Waals surface area contributed by atoms with Crippen LogP contribution in [0.2, 0.25) is 0 Å². The number of para-hydroxylation sites is 1. The van der Waals surface area contributed by atoms with Gasteiger partial charge in [0.05, 0.1) is 37.8 Å². The number of carbonyl (C=O) groups excluding carboxylic acids is 1. The number of nitrogens with zero attached hydrogens (tertiary/aromatic N) is 2. The van der Waals surface area contributed by atoms with Gasteiger partial charge in [0.2, 0.25) is 5.91 Å². The van der Waals surface area contributed by atoms with E-state index >= 15 is 0 Å². The predicted molar refractivity (Wildman–Crippen MR) is 120 cm³/mol. The SMILES string of the molecule is CCOc1ccc(N2C(=O)CN(CCc3ccccc3OC)[C@H]3CS(=O)(=O)C[C@H]32)cc1. The average molecular weight is 445 g/mol. The van der Waals surface area contributed by atoms with Crippen LogP contribution in [0.25, 0.3) is 0 Å². The van der Waals surface area contributed by atoms with Crippen molar-refractivity contribution in [2.24, 2.45) is 0 Å². The lowest BCUT2D eigenvalue weighted by Crippen LogP contribution is -2.62. The summed E-state index contributed by atoms with van der Waals surface area (Å²) in [6.07, 6.45) is 0.684. The molecule has 0 aliphatic carbocycles. The summed E-state index contributed by atoms with van der Waals surface area (Å²) in [6.45, 7) is 3.26. The number of hydrogen-bond acceptors (Lipinski definition) is 6. The van der Waals surface area contributed by atoms with Crippen LogP contribution in [0.5, 0.6) is 11.5 Å². The zero-order valence-corrected chi connectivity index (χ0v) is 18.7. The summed E-state index contributed by atoms with van der Waals surface area (Å²) in [5.74, 6) is 1.51. The molecule has 2 saturated heterocycles. The summed E-state index contributed by atoms with van der Waals surface area (Å²) in [6, 6.07) is 14.5. The molecular weight excluding hydrogens is 416 g/mol. The minimum absolute atomic E-state index is 0.0121. The number of piperazine rings is 1. The number of amides is 1. The van der Waals surface area contributed by atoms with E-state index in [9.17, 15) is 13.2 Å². The van der Waals surface area contributed by atoms with Gasteiger partial charge in [-0.1, -0.05) is 18.2 Å². The van der Waals surface area contributed by atoms with Gasteiger partial charge in [0.25, 0.3) is 0 Å². The molecule has 0 spiro atoms. The van der Waals surface area contributed by atoms with Crippen molar-refractivity contribution in [2.45, 2.75) is 25.4 Å². The lowest BCUT2D eigenvalue weighted by molar-refractivity contribution is -0.123. The van der Waals surface area contributed by atoms with Crippen molar-refractivity contribution in [3.05, 3.63) is 54.1 Å². The van der Waals surface area contributed by atoms with Gasteiger partial charge in [-0.15, -0.1) is 0 Å². The molecule has 2 fully saturated rings. The summed E-state index contributed by atoms with van der Waals surface area (Å²) in [7, 11) is -1.59. The van der Waals surface area contributed by atoms with Crippen LogP contribution in [-0.4, -0.2) is 69.6 Å². The van der Waals surface area contributed by atoms with E-state index in [0.717, 1.165) is 17.1 Å². The molecule has 2 heterocycles. The van der Waals surface area contributed by atoms with Crippen LogP contribution in [0.4, 0.5) is 5.69 Å². The summed E-state index contributed by atoms with van der Waals surface area (Å²) in [5, 5.41) is 0. The molecule has 7 nitrogen and oxygen atoms in total. The number of anilines is 1. The Balaban J connectivity index is 1.56. The molecule has 166 valence electrons. The Hall–Kier alpha value is -2.58. The van der Waals surface area contributed by atoms with Crippen LogP contribution in [-0.2, 0) is 21.1 Å². The molecule has 2 aromatic carbocycles. The Morgan fingerprint density at radius 1 is 1.03 bits per heavy atom. The first-order chi connectivity index (χ1) is 14.9. The molecule has 1 amide bonds. The van der Waals surface area contributed by atoms with Gasteiger partial charge in [0.1, 0.15) is 11.5 Å². The fraction of sp³-hybridized carbons (Fsp3) is 0.435. The zero-order chi connectivity index (χ0) is 22.0. The highest BCUT2D eigenvalue weighted by Crippen LogP contribution is 2.33. The maximum Gasteiger partial charge on any atom is 0.241 e. The summed E-state index contributed by atoms with van der Waals surface area (Å²) >= 11 is 0. The van der Waals surface area contributed by atoms with E-state index in [0.29, 0.717) is 25.3 Å². The molecule has 0 unspecified atom stereocenters. The van der Waals surface area contributed by atoms with Gasteiger partial charge in [-0.2, -0.15) is 0 Å². The topological polar surface area (TPSA) is 76.2 Å². The highest BCUT2D eigenvalue weighted by atomic mass is 32.2. The second-order valence-electron chi connectivity index (χ2n) is 7.93. The van der Waals surface area contributed by atoms with Crippen LogP contribution in [0.1, 0.15) is 12.5 Å². The lowest BCUT2D eigenvalue weighted by Gasteiger charge is -2.43. The Morgan fingerprint density at radius 2 is 1.74 bits per heavy atom. The van der Waals surface area contributed by atoms with Crippen molar-refractivity contribution >= 4 is 21.4 Å². The largest absolute Gasteiger partial charge is 0.496 e. The highest BCUT2D eigenvalue weighted by molar-refractivity contribution is 7.91. The summed E-state index contributed by atoms with van der Waals surface area (Å²) < 4.78 is 36.0. The standard InChI is InChI=1S/C23H28N2O5S/c1-3-30-19-10-8-18(9-11-19)25-21-16-31(27,28)15-20(21)24(14-23(25)26)13-12-17-6-4-5-7-22(17)29-2/h4-11,20-21H,3,12-16H2,1-2H3/t20-,21+/m0/s1. The molecule has 0 radical (unpaired) electrons. The molecule has 8 heteroatoms. The number of ether oxygens (including phenoxy) is 2. The van der Waals surface area contributed by atoms with Crippen molar-refractivity contribution in [1.29, 1.82) is 0 Å². The molecule has 2 atom stereocenters. The van der Waals surface area contributed by atoms with Crippen LogP contribution < -0.4 is 14.4 Å². The van der Waals surface area contributed by atoms with Crippen molar-refractivity contribution in [2.75, 3.05) is 43.2 Å². The van der Waals surface area contributed by atoms with E-state index in [-0.39, 0.29) is 36.0 Å². The lowest BCUT2D eigenvalue weighted by atomic mass is 10.0. The first kappa shape index (κ1) is 21.6. The van der Waals surface area contributed by atoms with Crippen LogP contribution in [0.15, 0.2) is 48.5 Å². The third-order valence-corrected chi connectivity index (χ3v) is 7.69. The molecule has 0 aromatic heterocycles. The van der Waals surface area contributed by atoms with Gasteiger partial charge in [-0.05, 0) is 49.2 Å². The second-order valence-corrected chi connectivity index (χ2v) is 10.1. The minimum atomic E-state index is -3.22. The Morgan fingerprint density at radius 3 is 2.45 bits per heavy atom. The molecule has 0 saturated carbocycles. The number of rotatable bonds is 7. The molecular formula is C23H28N2O5S. The maximum absolute atomic E-state index is 13.1. The number of hydrogen-bond donors (Lipinski definition) is 0. The number of methoxy groups -OCH3 is 1. The van der Waals surface area contributed by atoms with Gasteiger partial charge < -0.3 is 14.4 Å². The highest BCUT2D eigenvalue weighted by Gasteiger charge is 2.49. The Bertz CT molecular complexity index is 1040. The van der Waals surface area contributed by atoms with E-state index in [1.165, 1.54) is 0 Å². The zero-order valence-electron chi connectivity index (χ0n) is 17.9. The fourth-order valence-corrected chi connectivity index (χ4v) is 6.56. The normalized spacial score (nSPS) is 22.9. The fourth-order valence-electron chi connectivity index (χ4n) is 4.58. The second kappa shape index (κ2) is 8.88.